The molecule has 134 valence electrons. The number of carbonyl (C=O) groups excluding carboxylic acids is 1. The summed E-state index contributed by atoms with van der Waals surface area (Å²) in [6.07, 6.45) is 2.32. The first kappa shape index (κ1) is 19.9. The van der Waals surface area contributed by atoms with Crippen molar-refractivity contribution in [2.24, 2.45) is 0 Å². The Kier molecular flexibility index (Phi) is 7.86. The number of hydrogen-bond acceptors (Lipinski definition) is 2. The molecule has 0 saturated heterocycles. The van der Waals surface area contributed by atoms with Crippen LogP contribution in [0.25, 0.3) is 0 Å². The molecule has 0 fully saturated rings. The highest BCUT2D eigenvalue weighted by Gasteiger charge is 2.14. The van der Waals surface area contributed by atoms with Gasteiger partial charge in [-0.2, -0.15) is 0 Å². The summed E-state index contributed by atoms with van der Waals surface area (Å²) in [5.74, 6) is 1.05. The molecule has 1 atom stereocenters. The smallest absolute Gasteiger partial charge is 0.220 e. The summed E-state index contributed by atoms with van der Waals surface area (Å²) in [5.41, 5.74) is 3.71. The van der Waals surface area contributed by atoms with Gasteiger partial charge in [0.15, 0.2) is 0 Å². The molecule has 4 heteroatoms. The van der Waals surface area contributed by atoms with Gasteiger partial charge >= 0.3 is 0 Å². The van der Waals surface area contributed by atoms with E-state index in [-0.39, 0.29) is 11.9 Å². The summed E-state index contributed by atoms with van der Waals surface area (Å²) >= 11 is 7.64. The van der Waals surface area contributed by atoms with Crippen LogP contribution < -0.4 is 5.32 Å². The molecule has 2 nitrogen and oxygen atoms in total. The average Bonchev–Trinajstić information content (AvgIpc) is 2.58. The molecule has 0 aromatic heterocycles. The Hall–Kier alpha value is -1.45. The van der Waals surface area contributed by atoms with Crippen molar-refractivity contribution in [2.75, 3.05) is 5.75 Å². The van der Waals surface area contributed by atoms with Crippen molar-refractivity contribution < 1.29 is 4.79 Å². The summed E-state index contributed by atoms with van der Waals surface area (Å²) in [7, 11) is 0. The van der Waals surface area contributed by atoms with Gasteiger partial charge < -0.3 is 5.32 Å². The summed E-state index contributed by atoms with van der Waals surface area (Å²) in [6.45, 7) is 6.31. The van der Waals surface area contributed by atoms with E-state index in [0.29, 0.717) is 6.42 Å². The molecule has 0 radical (unpaired) electrons. The molecule has 2 rings (SSSR count). The molecule has 0 aliphatic rings. The predicted molar refractivity (Wildman–Crippen MR) is 109 cm³/mol. The molecule has 0 saturated carbocycles. The number of thioether (sulfide) groups is 1. The first-order valence-electron chi connectivity index (χ1n) is 8.74. The van der Waals surface area contributed by atoms with E-state index in [1.54, 1.807) is 11.8 Å². The van der Waals surface area contributed by atoms with Gasteiger partial charge in [0.2, 0.25) is 5.91 Å². The van der Waals surface area contributed by atoms with E-state index in [4.69, 9.17) is 11.6 Å². The number of nitrogens with one attached hydrogen (secondary N) is 1. The Labute approximate surface area is 160 Å². The van der Waals surface area contributed by atoms with Gasteiger partial charge in [-0.1, -0.05) is 42.3 Å². The van der Waals surface area contributed by atoms with E-state index in [2.05, 4.69) is 44.3 Å². The van der Waals surface area contributed by atoms with Gasteiger partial charge in [-0.05, 0) is 67.8 Å². The fourth-order valence-corrected chi connectivity index (χ4v) is 3.82. The Bertz CT molecular complexity index is 700. The van der Waals surface area contributed by atoms with Crippen molar-refractivity contribution in [1.82, 2.24) is 5.32 Å². The van der Waals surface area contributed by atoms with E-state index in [9.17, 15) is 4.79 Å². The maximum absolute atomic E-state index is 12.3. The minimum absolute atomic E-state index is 0.0945. The first-order chi connectivity index (χ1) is 12.0. The van der Waals surface area contributed by atoms with Crippen LogP contribution >= 0.6 is 23.4 Å². The van der Waals surface area contributed by atoms with Crippen molar-refractivity contribution in [3.63, 3.8) is 0 Å². The number of rotatable bonds is 8. The van der Waals surface area contributed by atoms with Crippen LogP contribution in [0, 0.1) is 13.8 Å². The number of hydrogen-bond donors (Lipinski definition) is 1. The number of benzene rings is 2. The third kappa shape index (κ3) is 6.41. The van der Waals surface area contributed by atoms with Crippen molar-refractivity contribution in [1.29, 1.82) is 0 Å². The minimum atomic E-state index is 0.0945. The average molecular weight is 376 g/mol. The molecular weight excluding hydrogens is 350 g/mol. The van der Waals surface area contributed by atoms with Gasteiger partial charge in [0.25, 0.3) is 0 Å². The first-order valence-corrected chi connectivity index (χ1v) is 10.1. The van der Waals surface area contributed by atoms with E-state index in [1.807, 2.05) is 24.3 Å². The minimum Gasteiger partial charge on any atom is -0.349 e. The topological polar surface area (TPSA) is 29.1 Å². The fourth-order valence-electron chi connectivity index (χ4n) is 2.84. The zero-order valence-corrected chi connectivity index (χ0v) is 16.7. The molecule has 2 aromatic carbocycles. The van der Waals surface area contributed by atoms with E-state index in [1.165, 1.54) is 21.6 Å². The van der Waals surface area contributed by atoms with Crippen LogP contribution in [0.4, 0.5) is 0 Å². The number of carbonyl (C=O) groups is 1. The quantitative estimate of drug-likeness (QED) is 0.446. The van der Waals surface area contributed by atoms with Crippen molar-refractivity contribution >= 4 is 29.3 Å². The molecule has 1 N–H and O–H groups in total. The number of aryl methyl sites for hydroxylation is 2. The maximum Gasteiger partial charge on any atom is 0.220 e. The van der Waals surface area contributed by atoms with Crippen LogP contribution in [0.5, 0.6) is 0 Å². The van der Waals surface area contributed by atoms with E-state index < -0.39 is 0 Å². The van der Waals surface area contributed by atoms with Gasteiger partial charge in [0.05, 0.1) is 6.04 Å². The summed E-state index contributed by atoms with van der Waals surface area (Å²) in [6, 6.07) is 14.3. The normalized spacial score (nSPS) is 12.0. The molecule has 1 amide bonds. The molecule has 0 bridgehead atoms. The van der Waals surface area contributed by atoms with Crippen LogP contribution in [0.15, 0.2) is 47.4 Å². The van der Waals surface area contributed by atoms with Gasteiger partial charge in [0.1, 0.15) is 0 Å². The van der Waals surface area contributed by atoms with Crippen molar-refractivity contribution in [2.45, 2.75) is 51.0 Å². The van der Waals surface area contributed by atoms with Crippen LogP contribution in [0.1, 0.15) is 48.9 Å². The van der Waals surface area contributed by atoms with E-state index in [0.717, 1.165) is 23.6 Å². The predicted octanol–water partition coefficient (Wildman–Crippen LogP) is 6.10. The largest absolute Gasteiger partial charge is 0.349 e. The third-order valence-corrected chi connectivity index (χ3v) is 5.53. The Morgan fingerprint density at radius 2 is 1.88 bits per heavy atom. The lowest BCUT2D eigenvalue weighted by molar-refractivity contribution is -0.121. The highest BCUT2D eigenvalue weighted by atomic mass is 35.5. The molecule has 0 spiro atoms. The van der Waals surface area contributed by atoms with Gasteiger partial charge in [-0.15, -0.1) is 11.8 Å². The standard InChI is InChI=1S/C21H26ClNOS/c1-4-20(19-12-7-15(2)14-16(19)3)23-21(24)6-5-13-25-18-10-8-17(22)9-11-18/h7-12,14,20H,4-6,13H2,1-3H3,(H,23,24)/t20-/m1/s1. The lowest BCUT2D eigenvalue weighted by Crippen LogP contribution is -2.28. The summed E-state index contributed by atoms with van der Waals surface area (Å²) < 4.78 is 0. The van der Waals surface area contributed by atoms with Gasteiger partial charge in [0, 0.05) is 16.3 Å². The lowest BCUT2D eigenvalue weighted by atomic mass is 9.97. The molecule has 25 heavy (non-hydrogen) atoms. The van der Waals surface area contributed by atoms with Crippen LogP contribution in [0.2, 0.25) is 5.02 Å². The Balaban J connectivity index is 1.79. The molecule has 0 heterocycles. The van der Waals surface area contributed by atoms with Crippen LogP contribution in [-0.4, -0.2) is 11.7 Å². The molecular formula is C21H26ClNOS. The SMILES string of the molecule is CC[C@@H](NC(=O)CCCSc1ccc(Cl)cc1)c1ccc(C)cc1C. The zero-order valence-electron chi connectivity index (χ0n) is 15.1. The van der Waals surface area contributed by atoms with Crippen LogP contribution in [0.3, 0.4) is 0 Å². The molecule has 0 aliphatic heterocycles. The van der Waals surface area contributed by atoms with Crippen molar-refractivity contribution in [3.8, 4) is 0 Å². The van der Waals surface area contributed by atoms with Gasteiger partial charge in [-0.3, -0.25) is 4.79 Å². The summed E-state index contributed by atoms with van der Waals surface area (Å²) in [4.78, 5) is 13.5. The Morgan fingerprint density at radius 3 is 2.52 bits per heavy atom. The number of amides is 1. The third-order valence-electron chi connectivity index (χ3n) is 4.17. The lowest BCUT2D eigenvalue weighted by Gasteiger charge is -2.20. The second-order valence-corrected chi connectivity index (χ2v) is 7.90. The molecule has 0 unspecified atom stereocenters. The second kappa shape index (κ2) is 9.88. The zero-order chi connectivity index (χ0) is 18.2. The fraction of sp³-hybridized carbons (Fsp3) is 0.381. The monoisotopic (exact) mass is 375 g/mol. The van der Waals surface area contributed by atoms with E-state index >= 15 is 0 Å². The molecule has 2 aromatic rings. The maximum atomic E-state index is 12.3. The van der Waals surface area contributed by atoms with Gasteiger partial charge in [-0.25, -0.2) is 0 Å². The molecule has 0 aliphatic carbocycles. The Morgan fingerprint density at radius 1 is 1.16 bits per heavy atom. The highest BCUT2D eigenvalue weighted by molar-refractivity contribution is 7.99. The summed E-state index contributed by atoms with van der Waals surface area (Å²) in [5, 5.41) is 3.93. The van der Waals surface area contributed by atoms with Crippen LogP contribution in [-0.2, 0) is 4.79 Å². The van der Waals surface area contributed by atoms with Crippen molar-refractivity contribution in [3.05, 3.63) is 64.2 Å². The second-order valence-electron chi connectivity index (χ2n) is 6.29. The highest BCUT2D eigenvalue weighted by Crippen LogP contribution is 2.23. The number of halogens is 1.